The Bertz CT molecular complexity index is 376. The van der Waals surface area contributed by atoms with Crippen LogP contribution in [0.4, 0.5) is 0 Å². The molecule has 0 radical (unpaired) electrons. The van der Waals surface area contributed by atoms with Crippen LogP contribution in [-0.4, -0.2) is 72.1 Å². The topological polar surface area (TPSA) is 72.9 Å². The molecule has 0 atom stereocenters. The minimum atomic E-state index is -0.558. The predicted octanol–water partition coefficient (Wildman–Crippen LogP) is -0.572. The van der Waals surface area contributed by atoms with E-state index < -0.39 is 5.60 Å². The summed E-state index contributed by atoms with van der Waals surface area (Å²) in [5, 5.41) is 12.9. The monoisotopic (exact) mass is 283 g/mol. The molecule has 2 fully saturated rings. The number of carbonyl (C=O) groups excluding carboxylic acids is 2. The second kappa shape index (κ2) is 6.10. The highest BCUT2D eigenvalue weighted by Gasteiger charge is 2.52. The van der Waals surface area contributed by atoms with Crippen molar-refractivity contribution in [3.63, 3.8) is 0 Å². The number of hydrogen-bond acceptors (Lipinski definition) is 4. The zero-order valence-electron chi connectivity index (χ0n) is 12.4. The van der Waals surface area contributed by atoms with Crippen LogP contribution in [0.5, 0.6) is 0 Å². The Morgan fingerprint density at radius 2 is 2.05 bits per heavy atom. The van der Waals surface area contributed by atoms with Crippen LogP contribution >= 0.6 is 0 Å². The molecule has 20 heavy (non-hydrogen) atoms. The lowest BCUT2D eigenvalue weighted by Gasteiger charge is -2.47. The molecule has 2 N–H and O–H groups in total. The first-order valence-electron chi connectivity index (χ1n) is 7.40. The number of amides is 2. The van der Waals surface area contributed by atoms with Crippen molar-refractivity contribution in [2.24, 2.45) is 5.92 Å². The third-order valence-electron chi connectivity index (χ3n) is 4.07. The lowest BCUT2D eigenvalue weighted by Crippen LogP contribution is -2.64. The van der Waals surface area contributed by atoms with Crippen molar-refractivity contribution in [3.05, 3.63) is 0 Å². The molecule has 0 bridgehead atoms. The number of nitrogens with one attached hydrogen (secondary N) is 1. The van der Waals surface area contributed by atoms with E-state index in [2.05, 4.69) is 5.32 Å². The lowest BCUT2D eigenvalue weighted by molar-refractivity contribution is -0.145. The second-order valence-electron chi connectivity index (χ2n) is 6.12. The van der Waals surface area contributed by atoms with Crippen molar-refractivity contribution in [2.45, 2.75) is 31.8 Å². The van der Waals surface area contributed by atoms with Crippen molar-refractivity contribution in [3.8, 4) is 0 Å². The highest BCUT2D eigenvalue weighted by molar-refractivity contribution is 5.85. The molecule has 1 heterocycles. The van der Waals surface area contributed by atoms with Crippen molar-refractivity contribution in [1.82, 2.24) is 15.1 Å². The summed E-state index contributed by atoms with van der Waals surface area (Å²) in [6.07, 6.45) is 3.10. The number of rotatable bonds is 7. The number of likely N-dealkylation sites (N-methyl/N-ethyl adjacent to an activating group) is 1. The maximum atomic E-state index is 12.0. The van der Waals surface area contributed by atoms with E-state index in [9.17, 15) is 14.7 Å². The fraction of sp³-hybridized carbons (Fsp3) is 0.857. The summed E-state index contributed by atoms with van der Waals surface area (Å²) in [6.45, 7) is 4.17. The van der Waals surface area contributed by atoms with Gasteiger partial charge in [0.25, 0.3) is 0 Å². The van der Waals surface area contributed by atoms with Crippen LogP contribution in [0.3, 0.4) is 0 Å². The van der Waals surface area contributed by atoms with Gasteiger partial charge in [-0.25, -0.2) is 0 Å². The standard InChI is InChI=1S/C14H25N3O3/c1-3-6-15-12(18)7-16(2)13(19)8-17-9-14(20,10-17)11-4-5-11/h11,20H,3-10H2,1-2H3,(H,15,18). The molecule has 6 nitrogen and oxygen atoms in total. The van der Waals surface area contributed by atoms with Gasteiger partial charge >= 0.3 is 0 Å². The van der Waals surface area contributed by atoms with Gasteiger partial charge in [-0.3, -0.25) is 14.5 Å². The van der Waals surface area contributed by atoms with E-state index in [-0.39, 0.29) is 24.9 Å². The fourth-order valence-corrected chi connectivity index (χ4v) is 2.65. The number of nitrogens with zero attached hydrogens (tertiary/aromatic N) is 2. The highest BCUT2D eigenvalue weighted by Crippen LogP contribution is 2.44. The maximum Gasteiger partial charge on any atom is 0.239 e. The lowest BCUT2D eigenvalue weighted by atomic mass is 9.89. The molecule has 2 amide bonds. The van der Waals surface area contributed by atoms with Crippen LogP contribution in [0.2, 0.25) is 0 Å². The normalized spacial score (nSPS) is 21.1. The van der Waals surface area contributed by atoms with Gasteiger partial charge < -0.3 is 15.3 Å². The molecule has 1 saturated carbocycles. The molecular formula is C14H25N3O3. The van der Waals surface area contributed by atoms with E-state index in [0.717, 1.165) is 19.3 Å². The average molecular weight is 283 g/mol. The van der Waals surface area contributed by atoms with E-state index >= 15 is 0 Å². The summed E-state index contributed by atoms with van der Waals surface area (Å²) >= 11 is 0. The van der Waals surface area contributed by atoms with Gasteiger partial charge in [0.2, 0.25) is 11.8 Å². The zero-order valence-corrected chi connectivity index (χ0v) is 12.4. The van der Waals surface area contributed by atoms with E-state index in [0.29, 0.717) is 25.6 Å². The summed E-state index contributed by atoms with van der Waals surface area (Å²) in [5.74, 6) is 0.238. The smallest absolute Gasteiger partial charge is 0.239 e. The number of likely N-dealkylation sites (tertiary alicyclic amines) is 1. The first-order valence-corrected chi connectivity index (χ1v) is 7.40. The molecule has 0 aromatic heterocycles. The van der Waals surface area contributed by atoms with Crippen LogP contribution in [0.25, 0.3) is 0 Å². The number of carbonyl (C=O) groups is 2. The van der Waals surface area contributed by atoms with Gasteiger partial charge in [-0.1, -0.05) is 6.92 Å². The van der Waals surface area contributed by atoms with Crippen LogP contribution in [0, 0.1) is 5.92 Å². The molecule has 2 aliphatic rings. The van der Waals surface area contributed by atoms with Crippen molar-refractivity contribution in [2.75, 3.05) is 39.8 Å². The van der Waals surface area contributed by atoms with Crippen LogP contribution < -0.4 is 5.32 Å². The minimum Gasteiger partial charge on any atom is -0.387 e. The van der Waals surface area contributed by atoms with Gasteiger partial charge in [-0.2, -0.15) is 0 Å². The predicted molar refractivity (Wildman–Crippen MR) is 75.1 cm³/mol. The Morgan fingerprint density at radius 1 is 1.40 bits per heavy atom. The Kier molecular flexibility index (Phi) is 4.65. The summed E-state index contributed by atoms with van der Waals surface area (Å²) in [6, 6.07) is 0. The molecule has 0 spiro atoms. The molecule has 0 aromatic rings. The van der Waals surface area contributed by atoms with Gasteiger partial charge in [0.05, 0.1) is 18.7 Å². The quantitative estimate of drug-likeness (QED) is 0.656. The van der Waals surface area contributed by atoms with Gasteiger partial charge in [0.15, 0.2) is 0 Å². The van der Waals surface area contributed by atoms with Crippen molar-refractivity contribution in [1.29, 1.82) is 0 Å². The number of hydrogen-bond donors (Lipinski definition) is 2. The molecule has 6 heteroatoms. The summed E-state index contributed by atoms with van der Waals surface area (Å²) in [4.78, 5) is 26.9. The highest BCUT2D eigenvalue weighted by atomic mass is 16.3. The molecule has 2 rings (SSSR count). The molecule has 0 aromatic carbocycles. The van der Waals surface area contributed by atoms with Gasteiger partial charge in [-0.15, -0.1) is 0 Å². The number of β-amino-alcohol motifs (C(OH)–C–C–N with tert-alkyl or cyclic N) is 1. The first kappa shape index (κ1) is 15.3. The van der Waals surface area contributed by atoms with E-state index in [4.69, 9.17) is 0 Å². The van der Waals surface area contributed by atoms with Gasteiger partial charge in [0.1, 0.15) is 0 Å². The van der Waals surface area contributed by atoms with Gasteiger partial charge in [0, 0.05) is 26.7 Å². The Labute approximate surface area is 120 Å². The molecule has 0 unspecified atom stereocenters. The summed E-state index contributed by atoms with van der Waals surface area (Å²) in [7, 11) is 1.64. The first-order chi connectivity index (χ1) is 9.44. The third-order valence-corrected chi connectivity index (χ3v) is 4.07. The van der Waals surface area contributed by atoms with Gasteiger partial charge in [-0.05, 0) is 25.2 Å². The molecule has 114 valence electrons. The molecular weight excluding hydrogens is 258 g/mol. The Balaban J connectivity index is 1.66. The Hall–Kier alpha value is -1.14. The molecule has 1 aliphatic carbocycles. The average Bonchev–Trinajstić information content (AvgIpc) is 3.18. The molecule has 1 aliphatic heterocycles. The largest absolute Gasteiger partial charge is 0.387 e. The van der Waals surface area contributed by atoms with Crippen molar-refractivity contribution >= 4 is 11.8 Å². The summed E-state index contributed by atoms with van der Waals surface area (Å²) < 4.78 is 0. The summed E-state index contributed by atoms with van der Waals surface area (Å²) in [5.41, 5.74) is -0.558. The Morgan fingerprint density at radius 3 is 2.60 bits per heavy atom. The minimum absolute atomic E-state index is 0.0745. The van der Waals surface area contributed by atoms with E-state index in [1.807, 2.05) is 11.8 Å². The zero-order chi connectivity index (χ0) is 14.8. The molecule has 1 saturated heterocycles. The SMILES string of the molecule is CCCNC(=O)CN(C)C(=O)CN1CC(O)(C2CC2)C1. The van der Waals surface area contributed by atoms with Crippen LogP contribution in [0.15, 0.2) is 0 Å². The van der Waals surface area contributed by atoms with E-state index in [1.165, 1.54) is 4.90 Å². The fourth-order valence-electron chi connectivity index (χ4n) is 2.65. The third kappa shape index (κ3) is 3.70. The van der Waals surface area contributed by atoms with Crippen molar-refractivity contribution < 1.29 is 14.7 Å². The second-order valence-corrected chi connectivity index (χ2v) is 6.12. The van der Waals surface area contributed by atoms with E-state index in [1.54, 1.807) is 7.05 Å². The van der Waals surface area contributed by atoms with Crippen LogP contribution in [-0.2, 0) is 9.59 Å². The van der Waals surface area contributed by atoms with Crippen LogP contribution in [0.1, 0.15) is 26.2 Å². The number of aliphatic hydroxyl groups is 1. The maximum absolute atomic E-state index is 12.0.